The molecular formula is C14H12N2O3S2. The van der Waals surface area contributed by atoms with Crippen molar-refractivity contribution in [3.8, 4) is 0 Å². The van der Waals surface area contributed by atoms with Crippen LogP contribution in [0.2, 0.25) is 0 Å². The molecule has 7 heteroatoms. The van der Waals surface area contributed by atoms with E-state index in [9.17, 15) is 14.9 Å². The lowest BCUT2D eigenvalue weighted by molar-refractivity contribution is -0.384. The Balaban J connectivity index is 1.87. The highest BCUT2D eigenvalue weighted by Crippen LogP contribution is 2.40. The van der Waals surface area contributed by atoms with E-state index in [1.165, 1.54) is 12.1 Å². The average molecular weight is 320 g/mol. The number of nitro groups is 1. The zero-order valence-corrected chi connectivity index (χ0v) is 12.6. The number of benzene rings is 1. The lowest BCUT2D eigenvalue weighted by Gasteiger charge is -2.22. The van der Waals surface area contributed by atoms with E-state index in [0.29, 0.717) is 12.1 Å². The van der Waals surface area contributed by atoms with Crippen molar-refractivity contribution in [1.29, 1.82) is 0 Å². The minimum Gasteiger partial charge on any atom is -0.321 e. The van der Waals surface area contributed by atoms with Gasteiger partial charge in [-0.3, -0.25) is 14.9 Å². The van der Waals surface area contributed by atoms with Crippen LogP contribution < -0.4 is 0 Å². The van der Waals surface area contributed by atoms with E-state index in [0.717, 1.165) is 10.6 Å². The first-order valence-electron chi connectivity index (χ1n) is 6.37. The topological polar surface area (TPSA) is 63.4 Å². The van der Waals surface area contributed by atoms with Crippen molar-refractivity contribution >= 4 is 34.7 Å². The third kappa shape index (κ3) is 2.79. The standard InChI is InChI=1S/C14H12N2O3S2/c17-13(10-3-1-4-11(9-10)16(18)19)15-6-8-21-14(15)12-5-2-7-20-12/h1-5,7,9,14H,6,8H2/t14-/m0/s1. The van der Waals surface area contributed by atoms with Crippen LogP contribution >= 0.6 is 23.1 Å². The van der Waals surface area contributed by atoms with Crippen molar-refractivity contribution in [3.63, 3.8) is 0 Å². The van der Waals surface area contributed by atoms with E-state index in [1.54, 1.807) is 40.1 Å². The predicted octanol–water partition coefficient (Wildman–Crippen LogP) is 3.54. The first-order valence-corrected chi connectivity index (χ1v) is 8.30. The van der Waals surface area contributed by atoms with Gasteiger partial charge in [0.15, 0.2) is 0 Å². The number of hydrogen-bond acceptors (Lipinski definition) is 5. The molecule has 21 heavy (non-hydrogen) atoms. The second-order valence-corrected chi connectivity index (χ2v) is 6.71. The number of carbonyl (C=O) groups is 1. The van der Waals surface area contributed by atoms with Gasteiger partial charge in [0.1, 0.15) is 5.37 Å². The lowest BCUT2D eigenvalue weighted by Crippen LogP contribution is -2.30. The van der Waals surface area contributed by atoms with Gasteiger partial charge in [-0.15, -0.1) is 23.1 Å². The Labute approximate surface area is 129 Å². The summed E-state index contributed by atoms with van der Waals surface area (Å²) in [4.78, 5) is 25.9. The van der Waals surface area contributed by atoms with Crippen LogP contribution in [0.3, 0.4) is 0 Å². The number of amides is 1. The van der Waals surface area contributed by atoms with E-state index in [-0.39, 0.29) is 17.0 Å². The molecule has 0 unspecified atom stereocenters. The number of thiophene rings is 1. The summed E-state index contributed by atoms with van der Waals surface area (Å²) < 4.78 is 0. The van der Waals surface area contributed by atoms with Gasteiger partial charge in [-0.05, 0) is 17.5 Å². The maximum Gasteiger partial charge on any atom is 0.270 e. The normalized spacial score (nSPS) is 17.9. The van der Waals surface area contributed by atoms with Gasteiger partial charge in [-0.2, -0.15) is 0 Å². The molecule has 1 aromatic carbocycles. The van der Waals surface area contributed by atoms with Gasteiger partial charge in [-0.25, -0.2) is 0 Å². The maximum absolute atomic E-state index is 12.6. The Hall–Kier alpha value is -1.86. The van der Waals surface area contributed by atoms with Gasteiger partial charge >= 0.3 is 0 Å². The monoisotopic (exact) mass is 320 g/mol. The number of nitrogens with zero attached hydrogens (tertiary/aromatic N) is 2. The van der Waals surface area contributed by atoms with E-state index >= 15 is 0 Å². The summed E-state index contributed by atoms with van der Waals surface area (Å²) in [6, 6.07) is 9.90. The predicted molar refractivity (Wildman–Crippen MR) is 83.7 cm³/mol. The highest BCUT2D eigenvalue weighted by molar-refractivity contribution is 7.99. The summed E-state index contributed by atoms with van der Waals surface area (Å²) in [5.41, 5.74) is 0.314. The summed E-state index contributed by atoms with van der Waals surface area (Å²) >= 11 is 3.34. The van der Waals surface area contributed by atoms with E-state index in [1.807, 2.05) is 17.5 Å². The molecule has 1 fully saturated rings. The van der Waals surface area contributed by atoms with E-state index in [4.69, 9.17) is 0 Å². The van der Waals surface area contributed by atoms with Gasteiger partial charge in [0.05, 0.1) is 4.92 Å². The van der Waals surface area contributed by atoms with Crippen LogP contribution in [-0.2, 0) is 0 Å². The van der Waals surface area contributed by atoms with Gasteiger partial charge in [0.25, 0.3) is 11.6 Å². The molecule has 0 spiro atoms. The van der Waals surface area contributed by atoms with Crippen molar-refractivity contribution in [1.82, 2.24) is 4.90 Å². The molecule has 1 saturated heterocycles. The number of nitro benzene ring substituents is 1. The van der Waals surface area contributed by atoms with Crippen molar-refractivity contribution in [2.45, 2.75) is 5.37 Å². The van der Waals surface area contributed by atoms with E-state index < -0.39 is 4.92 Å². The zero-order chi connectivity index (χ0) is 14.8. The third-order valence-electron chi connectivity index (χ3n) is 3.24. The van der Waals surface area contributed by atoms with Gasteiger partial charge in [0, 0.05) is 34.9 Å². The molecule has 0 radical (unpaired) electrons. The van der Waals surface area contributed by atoms with Crippen LogP contribution in [0.5, 0.6) is 0 Å². The molecule has 3 rings (SSSR count). The van der Waals surface area contributed by atoms with Gasteiger partial charge in [0.2, 0.25) is 0 Å². The van der Waals surface area contributed by atoms with Gasteiger partial charge < -0.3 is 4.90 Å². The zero-order valence-electron chi connectivity index (χ0n) is 11.0. The van der Waals surface area contributed by atoms with Crippen LogP contribution in [0.15, 0.2) is 41.8 Å². The number of hydrogen-bond donors (Lipinski definition) is 0. The van der Waals surface area contributed by atoms with Crippen molar-refractivity contribution < 1.29 is 9.72 Å². The first-order chi connectivity index (χ1) is 10.2. The molecule has 1 aliphatic rings. The molecule has 108 valence electrons. The number of carbonyl (C=O) groups excluding carboxylic acids is 1. The average Bonchev–Trinajstić information content (AvgIpc) is 3.17. The molecule has 5 nitrogen and oxygen atoms in total. The smallest absolute Gasteiger partial charge is 0.270 e. The number of non-ortho nitro benzene ring substituents is 1. The molecule has 2 heterocycles. The summed E-state index contributed by atoms with van der Waals surface area (Å²) in [7, 11) is 0. The number of rotatable bonds is 3. The minimum absolute atomic E-state index is 0.0109. The molecule has 0 aliphatic carbocycles. The Kier molecular flexibility index (Phi) is 3.94. The Bertz CT molecular complexity index is 673. The van der Waals surface area contributed by atoms with Gasteiger partial charge in [-0.1, -0.05) is 12.1 Å². The second-order valence-electron chi connectivity index (χ2n) is 4.54. The molecule has 1 aromatic heterocycles. The molecule has 1 atom stereocenters. The fourth-order valence-corrected chi connectivity index (χ4v) is 4.50. The van der Waals surface area contributed by atoms with Crippen molar-refractivity contribution in [2.75, 3.05) is 12.3 Å². The fraction of sp³-hybridized carbons (Fsp3) is 0.214. The molecule has 1 amide bonds. The first kappa shape index (κ1) is 14.1. The Morgan fingerprint density at radius 2 is 2.19 bits per heavy atom. The van der Waals surface area contributed by atoms with Crippen LogP contribution in [0.25, 0.3) is 0 Å². The summed E-state index contributed by atoms with van der Waals surface area (Å²) in [6.07, 6.45) is 0. The molecule has 1 aliphatic heterocycles. The fourth-order valence-electron chi connectivity index (χ4n) is 2.26. The molecule has 2 aromatic rings. The minimum atomic E-state index is -0.480. The third-order valence-corrected chi connectivity index (χ3v) is 5.56. The largest absolute Gasteiger partial charge is 0.321 e. The Morgan fingerprint density at radius 1 is 1.33 bits per heavy atom. The van der Waals surface area contributed by atoms with Crippen LogP contribution in [0.4, 0.5) is 5.69 Å². The Morgan fingerprint density at radius 3 is 2.90 bits per heavy atom. The SMILES string of the molecule is O=C(c1cccc([N+](=O)[O-])c1)N1CCS[C@H]1c1cccs1. The highest BCUT2D eigenvalue weighted by Gasteiger charge is 2.32. The van der Waals surface area contributed by atoms with Crippen molar-refractivity contribution in [3.05, 3.63) is 62.3 Å². The quantitative estimate of drug-likeness (QED) is 0.641. The van der Waals surface area contributed by atoms with Crippen LogP contribution in [0, 0.1) is 10.1 Å². The van der Waals surface area contributed by atoms with E-state index in [2.05, 4.69) is 0 Å². The van der Waals surface area contributed by atoms with Crippen molar-refractivity contribution in [2.24, 2.45) is 0 Å². The van der Waals surface area contributed by atoms with Crippen LogP contribution in [-0.4, -0.2) is 28.0 Å². The summed E-state index contributed by atoms with van der Waals surface area (Å²) in [6.45, 7) is 0.661. The molecular weight excluding hydrogens is 308 g/mol. The van der Waals surface area contributed by atoms with Crippen LogP contribution in [0.1, 0.15) is 20.6 Å². The molecule has 0 N–H and O–H groups in total. The molecule has 0 saturated carbocycles. The second kappa shape index (κ2) is 5.87. The number of thioether (sulfide) groups is 1. The molecule has 0 bridgehead atoms. The lowest BCUT2D eigenvalue weighted by atomic mass is 10.1. The maximum atomic E-state index is 12.6. The highest BCUT2D eigenvalue weighted by atomic mass is 32.2. The summed E-state index contributed by atoms with van der Waals surface area (Å²) in [5, 5.41) is 12.8. The summed E-state index contributed by atoms with van der Waals surface area (Å²) in [5.74, 6) is 0.727.